The number of benzene rings is 2. The van der Waals surface area contributed by atoms with Gasteiger partial charge in [0.25, 0.3) is 0 Å². The molecule has 9 heteroatoms. The third-order valence-electron chi connectivity index (χ3n) is 4.38. The van der Waals surface area contributed by atoms with Gasteiger partial charge in [0.05, 0.1) is 27.0 Å². The minimum Gasteiger partial charge on any atom is -0.325 e. The number of sulfone groups is 1. The third kappa shape index (κ3) is 5.52. The fourth-order valence-corrected chi connectivity index (χ4v) is 5.50. The molecule has 0 radical (unpaired) electrons. The highest BCUT2D eigenvalue weighted by Crippen LogP contribution is 2.36. The second-order valence-corrected chi connectivity index (χ2v) is 10.9. The van der Waals surface area contributed by atoms with Crippen molar-refractivity contribution in [2.75, 3.05) is 16.4 Å². The van der Waals surface area contributed by atoms with Gasteiger partial charge in [0.15, 0.2) is 9.84 Å². The maximum atomic E-state index is 12.7. The van der Waals surface area contributed by atoms with E-state index in [4.69, 9.17) is 11.6 Å². The Kier molecular flexibility index (Phi) is 6.55. The van der Waals surface area contributed by atoms with E-state index < -0.39 is 15.7 Å². The van der Waals surface area contributed by atoms with Crippen LogP contribution in [0.4, 0.5) is 11.4 Å². The Balaban J connectivity index is 1.69. The molecule has 6 nitrogen and oxygen atoms in total. The van der Waals surface area contributed by atoms with Crippen LogP contribution in [-0.2, 0) is 19.4 Å². The Morgan fingerprint density at radius 1 is 1.28 bits per heavy atom. The first kappa shape index (κ1) is 21.7. The summed E-state index contributed by atoms with van der Waals surface area (Å²) in [6, 6.07) is 9.87. The predicted octanol–water partition coefficient (Wildman–Crippen LogP) is 4.27. The van der Waals surface area contributed by atoms with Gasteiger partial charge in [-0.05, 0) is 42.8 Å². The Hall–Kier alpha value is -2.03. The van der Waals surface area contributed by atoms with E-state index in [0.29, 0.717) is 22.8 Å². The van der Waals surface area contributed by atoms with E-state index in [-0.39, 0.29) is 28.2 Å². The monoisotopic (exact) mass is 452 g/mol. The van der Waals surface area contributed by atoms with Crippen LogP contribution in [0.25, 0.3) is 0 Å². The van der Waals surface area contributed by atoms with E-state index in [9.17, 15) is 18.0 Å². The van der Waals surface area contributed by atoms with Crippen molar-refractivity contribution in [3.8, 4) is 0 Å². The number of amides is 2. The minimum absolute atomic E-state index is 0.0767. The number of nitrogens with one attached hydrogen (secondary N) is 2. The normalized spacial score (nSPS) is 16.5. The van der Waals surface area contributed by atoms with Gasteiger partial charge < -0.3 is 10.6 Å². The van der Waals surface area contributed by atoms with Crippen molar-refractivity contribution in [1.82, 2.24) is 0 Å². The molecule has 2 aromatic rings. The maximum absolute atomic E-state index is 12.7. The molecule has 1 heterocycles. The first-order valence-corrected chi connectivity index (χ1v) is 11.9. The van der Waals surface area contributed by atoms with Gasteiger partial charge in [-0.25, -0.2) is 8.42 Å². The van der Waals surface area contributed by atoms with Gasteiger partial charge in [0, 0.05) is 23.0 Å². The van der Waals surface area contributed by atoms with Crippen molar-refractivity contribution in [3.63, 3.8) is 0 Å². The molecule has 29 heavy (non-hydrogen) atoms. The number of halogens is 1. The molecule has 0 unspecified atom stereocenters. The SMILES string of the molecule is Cc1ccc(NC(=O)CCS(=O)(=O)c2ccc3c(c2)NC(=O)C[C@H](C)S3)c(Cl)c1. The zero-order chi connectivity index (χ0) is 21.2. The highest BCUT2D eigenvalue weighted by Gasteiger charge is 2.23. The highest BCUT2D eigenvalue weighted by molar-refractivity contribution is 8.00. The number of rotatable bonds is 5. The summed E-state index contributed by atoms with van der Waals surface area (Å²) in [6.45, 7) is 3.83. The Morgan fingerprint density at radius 2 is 2.03 bits per heavy atom. The lowest BCUT2D eigenvalue weighted by atomic mass is 10.2. The lowest BCUT2D eigenvalue weighted by molar-refractivity contribution is -0.116. The summed E-state index contributed by atoms with van der Waals surface area (Å²) >= 11 is 7.62. The quantitative estimate of drug-likeness (QED) is 0.706. The molecule has 0 fully saturated rings. The third-order valence-corrected chi connectivity index (χ3v) is 7.59. The van der Waals surface area contributed by atoms with Gasteiger partial charge >= 0.3 is 0 Å². The lowest BCUT2D eigenvalue weighted by Crippen LogP contribution is -2.18. The minimum atomic E-state index is -3.70. The fourth-order valence-electron chi connectivity index (χ4n) is 2.90. The number of carbonyl (C=O) groups is 2. The van der Waals surface area contributed by atoms with Crippen LogP contribution in [0.3, 0.4) is 0 Å². The second-order valence-electron chi connectivity index (χ2n) is 6.94. The van der Waals surface area contributed by atoms with Gasteiger partial charge in [0.1, 0.15) is 0 Å². The van der Waals surface area contributed by atoms with E-state index >= 15 is 0 Å². The van der Waals surface area contributed by atoms with E-state index in [1.54, 1.807) is 24.3 Å². The number of hydrogen-bond donors (Lipinski definition) is 2. The van der Waals surface area contributed by atoms with E-state index in [1.165, 1.54) is 23.9 Å². The van der Waals surface area contributed by atoms with Crippen molar-refractivity contribution in [3.05, 3.63) is 47.0 Å². The summed E-state index contributed by atoms with van der Waals surface area (Å²) in [5.74, 6) is -0.932. The smallest absolute Gasteiger partial charge is 0.225 e. The molecule has 2 amide bonds. The summed E-state index contributed by atoms with van der Waals surface area (Å²) in [6.07, 6.45) is 0.158. The van der Waals surface area contributed by atoms with Crippen molar-refractivity contribution in [2.24, 2.45) is 0 Å². The van der Waals surface area contributed by atoms with Crippen molar-refractivity contribution in [2.45, 2.75) is 41.7 Å². The molecule has 1 aliphatic rings. The van der Waals surface area contributed by atoms with Gasteiger partial charge in [-0.1, -0.05) is 24.6 Å². The number of aryl methyl sites for hydroxylation is 1. The van der Waals surface area contributed by atoms with Crippen molar-refractivity contribution >= 4 is 56.4 Å². The zero-order valence-electron chi connectivity index (χ0n) is 16.0. The summed E-state index contributed by atoms with van der Waals surface area (Å²) in [4.78, 5) is 25.0. The summed E-state index contributed by atoms with van der Waals surface area (Å²) in [5.41, 5.74) is 1.89. The van der Waals surface area contributed by atoms with Crippen LogP contribution in [0, 0.1) is 6.92 Å². The number of anilines is 2. The first-order valence-electron chi connectivity index (χ1n) is 9.03. The molecule has 2 aromatic carbocycles. The Bertz CT molecular complexity index is 1070. The highest BCUT2D eigenvalue weighted by atomic mass is 35.5. The topological polar surface area (TPSA) is 92.3 Å². The van der Waals surface area contributed by atoms with Gasteiger partial charge in [-0.2, -0.15) is 0 Å². The molecule has 3 rings (SSSR count). The Labute approximate surface area is 179 Å². The average Bonchev–Trinajstić information content (AvgIpc) is 2.78. The first-order chi connectivity index (χ1) is 13.6. The number of carbonyl (C=O) groups excluding carboxylic acids is 2. The van der Waals surface area contributed by atoms with Crippen LogP contribution < -0.4 is 10.6 Å². The molecule has 154 valence electrons. The molecule has 2 N–H and O–H groups in total. The summed E-state index contributed by atoms with van der Waals surface area (Å²) in [7, 11) is -3.70. The maximum Gasteiger partial charge on any atom is 0.225 e. The average molecular weight is 453 g/mol. The molecule has 1 aliphatic heterocycles. The van der Waals surface area contributed by atoms with E-state index in [0.717, 1.165) is 10.5 Å². The standard InChI is InChI=1S/C20H21ClN2O4S2/c1-12-3-5-16(15(21)9-12)22-19(24)7-8-29(26,27)14-4-6-18-17(11-14)23-20(25)10-13(2)28-18/h3-6,9,11,13H,7-8,10H2,1-2H3,(H,22,24)(H,23,25)/t13-/m0/s1. The summed E-state index contributed by atoms with van der Waals surface area (Å²) in [5, 5.41) is 5.90. The second kappa shape index (κ2) is 8.77. The van der Waals surface area contributed by atoms with Gasteiger partial charge in [0.2, 0.25) is 11.8 Å². The number of hydrogen-bond acceptors (Lipinski definition) is 5. The predicted molar refractivity (Wildman–Crippen MR) is 116 cm³/mol. The zero-order valence-corrected chi connectivity index (χ0v) is 18.4. The van der Waals surface area contributed by atoms with Crippen LogP contribution in [0.15, 0.2) is 46.2 Å². The molecule has 0 aliphatic carbocycles. The van der Waals surface area contributed by atoms with Crippen molar-refractivity contribution < 1.29 is 18.0 Å². The van der Waals surface area contributed by atoms with E-state index in [1.807, 2.05) is 13.8 Å². The van der Waals surface area contributed by atoms with Crippen LogP contribution in [0.1, 0.15) is 25.3 Å². The Morgan fingerprint density at radius 3 is 2.76 bits per heavy atom. The van der Waals surface area contributed by atoms with Crippen LogP contribution in [-0.4, -0.2) is 31.2 Å². The van der Waals surface area contributed by atoms with Crippen LogP contribution in [0.2, 0.25) is 5.02 Å². The molecule has 0 saturated heterocycles. The summed E-state index contributed by atoms with van der Waals surface area (Å²) < 4.78 is 25.4. The number of thioether (sulfide) groups is 1. The molecule has 1 atom stereocenters. The molecule has 0 aromatic heterocycles. The molecule has 0 spiro atoms. The van der Waals surface area contributed by atoms with Crippen LogP contribution in [0.5, 0.6) is 0 Å². The molecular weight excluding hydrogens is 432 g/mol. The molecule has 0 bridgehead atoms. The fraction of sp³-hybridized carbons (Fsp3) is 0.300. The van der Waals surface area contributed by atoms with Gasteiger partial charge in [-0.3, -0.25) is 9.59 Å². The van der Waals surface area contributed by atoms with Gasteiger partial charge in [-0.15, -0.1) is 11.8 Å². The van der Waals surface area contributed by atoms with Crippen LogP contribution >= 0.6 is 23.4 Å². The molecular formula is C20H21ClN2O4S2. The van der Waals surface area contributed by atoms with E-state index in [2.05, 4.69) is 10.6 Å². The molecule has 0 saturated carbocycles. The lowest BCUT2D eigenvalue weighted by Gasteiger charge is -2.11. The largest absolute Gasteiger partial charge is 0.325 e. The van der Waals surface area contributed by atoms with Crippen molar-refractivity contribution in [1.29, 1.82) is 0 Å². The number of fused-ring (bicyclic) bond motifs is 1.